The molecule has 1 aromatic rings. The molecule has 0 aliphatic heterocycles. The number of hydrogen-bond acceptors (Lipinski definition) is 3. The predicted molar refractivity (Wildman–Crippen MR) is 66.8 cm³/mol. The van der Waals surface area contributed by atoms with Crippen molar-refractivity contribution in [2.75, 3.05) is 19.8 Å². The third-order valence-electron chi connectivity index (χ3n) is 2.35. The van der Waals surface area contributed by atoms with Gasteiger partial charge in [-0.15, -0.1) is 0 Å². The molecule has 0 N–H and O–H groups in total. The fourth-order valence-corrected chi connectivity index (χ4v) is 1.51. The summed E-state index contributed by atoms with van der Waals surface area (Å²) in [7, 11) is 0. The minimum absolute atomic E-state index is 0.185. The van der Waals surface area contributed by atoms with E-state index >= 15 is 0 Å². The lowest BCUT2D eigenvalue weighted by molar-refractivity contribution is -0.144. The number of hydrogen-bond donors (Lipinski definition) is 0. The summed E-state index contributed by atoms with van der Waals surface area (Å²) >= 11 is 0. The highest BCUT2D eigenvalue weighted by Gasteiger charge is 2.00. The lowest BCUT2D eigenvalue weighted by atomic mass is 10.1. The summed E-state index contributed by atoms with van der Waals surface area (Å²) < 4.78 is 10.2. The van der Waals surface area contributed by atoms with Gasteiger partial charge >= 0.3 is 5.97 Å². The first-order chi connectivity index (χ1) is 8.33. The third-order valence-corrected chi connectivity index (χ3v) is 2.35. The second-order valence-corrected chi connectivity index (χ2v) is 3.76. The maximum atomic E-state index is 11.0. The minimum Gasteiger partial charge on any atom is -0.466 e. The van der Waals surface area contributed by atoms with Crippen molar-refractivity contribution in [1.82, 2.24) is 0 Å². The molecule has 17 heavy (non-hydrogen) atoms. The number of carbonyl (C=O) groups is 1. The van der Waals surface area contributed by atoms with E-state index in [4.69, 9.17) is 9.47 Å². The molecule has 0 saturated carbocycles. The largest absolute Gasteiger partial charge is 0.466 e. The molecule has 0 saturated heterocycles. The number of esters is 1. The smallest absolute Gasteiger partial charge is 0.308 e. The van der Waals surface area contributed by atoms with Gasteiger partial charge in [-0.05, 0) is 25.3 Å². The second-order valence-electron chi connectivity index (χ2n) is 3.76. The molecule has 0 spiro atoms. The van der Waals surface area contributed by atoms with Gasteiger partial charge in [0.05, 0.1) is 19.6 Å². The molecule has 0 fully saturated rings. The van der Waals surface area contributed by atoms with Crippen molar-refractivity contribution in [2.24, 2.45) is 0 Å². The molecular formula is C14H20O3. The molecule has 94 valence electrons. The molecule has 0 unspecified atom stereocenters. The standard InChI is InChI=1S/C14H20O3/c1-2-17-14(15)10-12-16-11-6-9-13-7-4-3-5-8-13/h3-5,7-8H,2,6,9-12H2,1H3. The summed E-state index contributed by atoms with van der Waals surface area (Å²) in [5.74, 6) is -0.185. The van der Waals surface area contributed by atoms with Crippen LogP contribution in [0.4, 0.5) is 0 Å². The second kappa shape index (κ2) is 8.76. The number of carbonyl (C=O) groups excluding carboxylic acids is 1. The van der Waals surface area contributed by atoms with Crippen LogP contribution < -0.4 is 0 Å². The highest BCUT2D eigenvalue weighted by molar-refractivity contribution is 5.69. The molecule has 0 bridgehead atoms. The predicted octanol–water partition coefficient (Wildman–Crippen LogP) is 2.59. The fraction of sp³-hybridized carbons (Fsp3) is 0.500. The van der Waals surface area contributed by atoms with Crippen molar-refractivity contribution in [3.05, 3.63) is 35.9 Å². The van der Waals surface area contributed by atoms with Gasteiger partial charge in [-0.2, -0.15) is 0 Å². The Morgan fingerprint density at radius 1 is 1.18 bits per heavy atom. The molecular weight excluding hydrogens is 216 g/mol. The Hall–Kier alpha value is -1.35. The zero-order chi connectivity index (χ0) is 12.3. The van der Waals surface area contributed by atoms with Gasteiger partial charge in [0.15, 0.2) is 0 Å². The van der Waals surface area contributed by atoms with Crippen LogP contribution in [0.3, 0.4) is 0 Å². The maximum Gasteiger partial charge on any atom is 0.308 e. The van der Waals surface area contributed by atoms with Gasteiger partial charge in [-0.1, -0.05) is 30.3 Å². The van der Waals surface area contributed by atoms with Crippen molar-refractivity contribution in [1.29, 1.82) is 0 Å². The van der Waals surface area contributed by atoms with Crippen LogP contribution in [0.1, 0.15) is 25.3 Å². The average molecular weight is 236 g/mol. The molecule has 0 aliphatic rings. The average Bonchev–Trinajstić information content (AvgIpc) is 2.35. The SMILES string of the molecule is CCOC(=O)CCOCCCc1ccccc1. The first-order valence-corrected chi connectivity index (χ1v) is 6.10. The lowest BCUT2D eigenvalue weighted by Gasteiger charge is -2.04. The van der Waals surface area contributed by atoms with Crippen LogP contribution in [-0.2, 0) is 20.7 Å². The summed E-state index contributed by atoms with van der Waals surface area (Å²) in [6, 6.07) is 10.3. The molecule has 3 heteroatoms. The van der Waals surface area contributed by atoms with E-state index in [0.717, 1.165) is 12.8 Å². The van der Waals surface area contributed by atoms with Crippen molar-refractivity contribution in [2.45, 2.75) is 26.2 Å². The van der Waals surface area contributed by atoms with Crippen LogP contribution in [0.15, 0.2) is 30.3 Å². The normalized spacial score (nSPS) is 10.2. The number of aryl methyl sites for hydroxylation is 1. The monoisotopic (exact) mass is 236 g/mol. The summed E-state index contributed by atoms with van der Waals surface area (Å²) in [6.45, 7) is 3.38. The zero-order valence-electron chi connectivity index (χ0n) is 10.4. The summed E-state index contributed by atoms with van der Waals surface area (Å²) in [6.07, 6.45) is 2.34. The van der Waals surface area contributed by atoms with Gasteiger partial charge in [0, 0.05) is 6.61 Å². The van der Waals surface area contributed by atoms with Gasteiger partial charge in [0.2, 0.25) is 0 Å². The Morgan fingerprint density at radius 3 is 2.65 bits per heavy atom. The van der Waals surface area contributed by atoms with Gasteiger partial charge in [-0.25, -0.2) is 0 Å². The quantitative estimate of drug-likeness (QED) is 0.514. The van der Waals surface area contributed by atoms with Crippen molar-refractivity contribution >= 4 is 5.97 Å². The van der Waals surface area contributed by atoms with Crippen molar-refractivity contribution < 1.29 is 14.3 Å². The molecule has 0 amide bonds. The van der Waals surface area contributed by atoms with Crippen LogP contribution in [0.5, 0.6) is 0 Å². The molecule has 1 aromatic carbocycles. The molecule has 0 aliphatic carbocycles. The van der Waals surface area contributed by atoms with Crippen LogP contribution in [-0.4, -0.2) is 25.8 Å². The molecule has 0 heterocycles. The van der Waals surface area contributed by atoms with Crippen LogP contribution >= 0.6 is 0 Å². The Morgan fingerprint density at radius 2 is 1.94 bits per heavy atom. The van der Waals surface area contributed by atoms with Gasteiger partial charge in [0.1, 0.15) is 0 Å². The van der Waals surface area contributed by atoms with Crippen molar-refractivity contribution in [3.63, 3.8) is 0 Å². The van der Waals surface area contributed by atoms with E-state index in [0.29, 0.717) is 26.2 Å². The van der Waals surface area contributed by atoms with Crippen LogP contribution in [0.2, 0.25) is 0 Å². The van der Waals surface area contributed by atoms with E-state index in [-0.39, 0.29) is 5.97 Å². The Labute approximate surface area is 103 Å². The number of rotatable bonds is 8. The van der Waals surface area contributed by atoms with Crippen LogP contribution in [0, 0.1) is 0 Å². The Kier molecular flexibility index (Phi) is 7.07. The number of benzene rings is 1. The van der Waals surface area contributed by atoms with E-state index in [1.54, 1.807) is 6.92 Å². The maximum absolute atomic E-state index is 11.0. The summed E-state index contributed by atoms with van der Waals surface area (Å²) in [5, 5.41) is 0. The van der Waals surface area contributed by atoms with Gasteiger partial charge in [-0.3, -0.25) is 4.79 Å². The van der Waals surface area contributed by atoms with E-state index in [1.165, 1.54) is 5.56 Å². The van der Waals surface area contributed by atoms with E-state index in [1.807, 2.05) is 18.2 Å². The first-order valence-electron chi connectivity index (χ1n) is 6.10. The molecule has 0 atom stereocenters. The molecule has 0 aromatic heterocycles. The van der Waals surface area contributed by atoms with Crippen LogP contribution in [0.25, 0.3) is 0 Å². The number of ether oxygens (including phenoxy) is 2. The third kappa shape index (κ3) is 6.74. The minimum atomic E-state index is -0.185. The first kappa shape index (κ1) is 13.7. The lowest BCUT2D eigenvalue weighted by Crippen LogP contribution is -2.08. The summed E-state index contributed by atoms with van der Waals surface area (Å²) in [5.41, 5.74) is 1.32. The summed E-state index contributed by atoms with van der Waals surface area (Å²) in [4.78, 5) is 11.0. The Bertz CT molecular complexity index is 309. The van der Waals surface area contributed by atoms with E-state index < -0.39 is 0 Å². The van der Waals surface area contributed by atoms with Gasteiger partial charge < -0.3 is 9.47 Å². The van der Waals surface area contributed by atoms with Gasteiger partial charge in [0.25, 0.3) is 0 Å². The van der Waals surface area contributed by atoms with E-state index in [9.17, 15) is 4.79 Å². The Balaban J connectivity index is 1.96. The topological polar surface area (TPSA) is 35.5 Å². The zero-order valence-corrected chi connectivity index (χ0v) is 10.4. The fourth-order valence-electron chi connectivity index (χ4n) is 1.51. The highest BCUT2D eigenvalue weighted by Crippen LogP contribution is 2.02. The van der Waals surface area contributed by atoms with E-state index in [2.05, 4.69) is 12.1 Å². The molecule has 1 rings (SSSR count). The van der Waals surface area contributed by atoms with Crippen molar-refractivity contribution in [3.8, 4) is 0 Å². The molecule has 3 nitrogen and oxygen atoms in total. The molecule has 0 radical (unpaired) electrons. The highest BCUT2D eigenvalue weighted by atomic mass is 16.5.